The van der Waals surface area contributed by atoms with Crippen LogP contribution in [0, 0.1) is 0 Å². The molecule has 0 bridgehead atoms. The minimum Gasteiger partial charge on any atom is -0.426 e. The number of hydrogen-bond donors (Lipinski definition) is 0. The van der Waals surface area contributed by atoms with Crippen LogP contribution < -0.4 is 4.74 Å². The Morgan fingerprint density at radius 2 is 1.44 bits per heavy atom. The topological polar surface area (TPSA) is 98.6 Å². The average Bonchev–Trinajstić information content (AvgIpc) is 3.49. The first-order valence-electron chi connectivity index (χ1n) is 11.4. The van der Waals surface area contributed by atoms with Gasteiger partial charge in [-0.3, -0.25) is 24.1 Å². The summed E-state index contributed by atoms with van der Waals surface area (Å²) in [6.45, 7) is 0.0979. The third-order valence-electron chi connectivity index (χ3n) is 5.86. The standard InChI is InChI=1S/C28H21N3O5/c32-25(15-8-16-30-27(34)21-11-4-5-12-22(21)28(30)35)36-24-14-7-6-13-23(24)26(33)19-17-29-31(18-19)20-9-2-1-3-10-20/h1-7,9-14,17-18H,8,15-16H2. The van der Waals surface area contributed by atoms with Crippen molar-refractivity contribution in [2.24, 2.45) is 0 Å². The molecule has 3 aromatic carbocycles. The number of ketones is 1. The average molecular weight is 479 g/mol. The molecule has 0 fully saturated rings. The van der Waals surface area contributed by atoms with E-state index in [1.807, 2.05) is 30.3 Å². The van der Waals surface area contributed by atoms with Gasteiger partial charge in [0.15, 0.2) is 5.78 Å². The Bertz CT molecular complexity index is 1440. The van der Waals surface area contributed by atoms with Crippen LogP contribution in [0.1, 0.15) is 49.5 Å². The molecule has 5 rings (SSSR count). The second-order valence-electron chi connectivity index (χ2n) is 8.22. The lowest BCUT2D eigenvalue weighted by Crippen LogP contribution is -2.31. The molecule has 0 aliphatic carbocycles. The third kappa shape index (κ3) is 4.44. The smallest absolute Gasteiger partial charge is 0.311 e. The number of rotatable bonds is 8. The molecule has 0 unspecified atom stereocenters. The van der Waals surface area contributed by atoms with Gasteiger partial charge in [-0.05, 0) is 42.8 Å². The number of carbonyl (C=O) groups is 4. The molecule has 0 N–H and O–H groups in total. The largest absolute Gasteiger partial charge is 0.426 e. The molecule has 8 heteroatoms. The van der Waals surface area contributed by atoms with Gasteiger partial charge >= 0.3 is 5.97 Å². The Morgan fingerprint density at radius 3 is 2.17 bits per heavy atom. The molecule has 2 heterocycles. The fraction of sp³-hybridized carbons (Fsp3) is 0.107. The van der Waals surface area contributed by atoms with Gasteiger partial charge in [0.05, 0.1) is 34.1 Å². The normalized spacial score (nSPS) is 12.5. The van der Waals surface area contributed by atoms with Crippen LogP contribution in [0.3, 0.4) is 0 Å². The van der Waals surface area contributed by atoms with Crippen molar-refractivity contribution < 1.29 is 23.9 Å². The van der Waals surface area contributed by atoms with Crippen LogP contribution in [-0.4, -0.2) is 44.8 Å². The number of aromatic nitrogens is 2. The van der Waals surface area contributed by atoms with E-state index in [0.717, 1.165) is 10.6 Å². The summed E-state index contributed by atoms with van der Waals surface area (Å²) in [4.78, 5) is 51.7. The first kappa shape index (κ1) is 22.9. The van der Waals surface area contributed by atoms with E-state index in [2.05, 4.69) is 5.10 Å². The van der Waals surface area contributed by atoms with Crippen LogP contribution in [0.4, 0.5) is 0 Å². The summed E-state index contributed by atoms with van der Waals surface area (Å²) in [6, 6.07) is 22.5. The predicted octanol–water partition coefficient (Wildman–Crippen LogP) is 4.09. The van der Waals surface area contributed by atoms with Crippen LogP contribution in [0.2, 0.25) is 0 Å². The van der Waals surface area contributed by atoms with Gasteiger partial charge in [-0.25, -0.2) is 4.68 Å². The highest BCUT2D eigenvalue weighted by molar-refractivity contribution is 6.21. The summed E-state index contributed by atoms with van der Waals surface area (Å²) < 4.78 is 7.08. The number of carbonyl (C=O) groups excluding carboxylic acids is 4. The lowest BCUT2D eigenvalue weighted by Gasteiger charge is -2.13. The first-order chi connectivity index (χ1) is 17.5. The number of para-hydroxylation sites is 2. The Kier molecular flexibility index (Phi) is 6.23. The van der Waals surface area contributed by atoms with Gasteiger partial charge in [0, 0.05) is 19.2 Å². The van der Waals surface area contributed by atoms with Crippen molar-refractivity contribution in [3.05, 3.63) is 114 Å². The molecule has 1 aromatic heterocycles. The van der Waals surface area contributed by atoms with Crippen molar-refractivity contribution in [1.29, 1.82) is 0 Å². The van der Waals surface area contributed by atoms with Gasteiger partial charge in [-0.1, -0.05) is 42.5 Å². The molecule has 4 aromatic rings. The highest BCUT2D eigenvalue weighted by atomic mass is 16.5. The number of amides is 2. The fourth-order valence-electron chi connectivity index (χ4n) is 4.06. The molecule has 178 valence electrons. The summed E-state index contributed by atoms with van der Waals surface area (Å²) in [5, 5.41) is 4.26. The molecule has 8 nitrogen and oxygen atoms in total. The number of ether oxygens (including phenoxy) is 1. The van der Waals surface area contributed by atoms with E-state index < -0.39 is 5.97 Å². The molecule has 0 radical (unpaired) electrons. The summed E-state index contributed by atoms with van der Waals surface area (Å²) in [5.41, 5.74) is 2.14. The molecule has 36 heavy (non-hydrogen) atoms. The maximum absolute atomic E-state index is 13.1. The van der Waals surface area contributed by atoms with E-state index in [1.165, 1.54) is 6.20 Å². The monoisotopic (exact) mass is 479 g/mol. The van der Waals surface area contributed by atoms with E-state index in [1.54, 1.807) is 59.4 Å². The number of hydrogen-bond acceptors (Lipinski definition) is 6. The number of nitrogens with zero attached hydrogens (tertiary/aromatic N) is 3. The van der Waals surface area contributed by atoms with Crippen LogP contribution in [-0.2, 0) is 4.79 Å². The molecule has 0 saturated heterocycles. The van der Waals surface area contributed by atoms with E-state index in [4.69, 9.17) is 4.74 Å². The Morgan fingerprint density at radius 1 is 0.806 bits per heavy atom. The summed E-state index contributed by atoms with van der Waals surface area (Å²) in [5.74, 6) is -1.48. The Hall–Kier alpha value is -4.85. The molecule has 0 atom stereocenters. The molecule has 1 aliphatic rings. The van der Waals surface area contributed by atoms with Crippen molar-refractivity contribution >= 4 is 23.6 Å². The van der Waals surface area contributed by atoms with Gasteiger partial charge < -0.3 is 4.74 Å². The second-order valence-corrected chi connectivity index (χ2v) is 8.22. The molecule has 1 aliphatic heterocycles. The minimum atomic E-state index is -0.563. The summed E-state index contributed by atoms with van der Waals surface area (Å²) in [6.07, 6.45) is 3.31. The van der Waals surface area contributed by atoms with Crippen molar-refractivity contribution in [3.8, 4) is 11.4 Å². The van der Waals surface area contributed by atoms with Crippen molar-refractivity contribution in [3.63, 3.8) is 0 Å². The molecule has 0 saturated carbocycles. The SMILES string of the molecule is O=C(CCCN1C(=O)c2ccccc2C1=O)Oc1ccccc1C(=O)c1cnn(-c2ccccc2)c1. The first-order valence-corrected chi connectivity index (χ1v) is 11.4. The lowest BCUT2D eigenvalue weighted by atomic mass is 10.1. The van der Waals surface area contributed by atoms with Crippen molar-refractivity contribution in [2.45, 2.75) is 12.8 Å². The molecular weight excluding hydrogens is 458 g/mol. The third-order valence-corrected chi connectivity index (χ3v) is 5.86. The van der Waals surface area contributed by atoms with Crippen molar-refractivity contribution in [1.82, 2.24) is 14.7 Å². The quantitative estimate of drug-likeness (QED) is 0.163. The highest BCUT2D eigenvalue weighted by Crippen LogP contribution is 2.24. The van der Waals surface area contributed by atoms with Gasteiger partial charge in [-0.2, -0.15) is 5.10 Å². The van der Waals surface area contributed by atoms with Gasteiger partial charge in [0.25, 0.3) is 11.8 Å². The maximum atomic E-state index is 13.1. The zero-order valence-corrected chi connectivity index (χ0v) is 19.2. The van der Waals surface area contributed by atoms with Crippen LogP contribution in [0.25, 0.3) is 5.69 Å². The second kappa shape index (κ2) is 9.79. The van der Waals surface area contributed by atoms with Crippen LogP contribution >= 0.6 is 0 Å². The predicted molar refractivity (Wildman–Crippen MR) is 130 cm³/mol. The minimum absolute atomic E-state index is 0.0259. The number of esters is 1. The maximum Gasteiger partial charge on any atom is 0.311 e. The highest BCUT2D eigenvalue weighted by Gasteiger charge is 2.34. The van der Waals surface area contributed by atoms with Gasteiger partial charge in [0.1, 0.15) is 5.75 Å². The lowest BCUT2D eigenvalue weighted by molar-refractivity contribution is -0.134. The molecule has 0 spiro atoms. The Balaban J connectivity index is 1.22. The summed E-state index contributed by atoms with van der Waals surface area (Å²) in [7, 11) is 0. The van der Waals surface area contributed by atoms with E-state index in [0.29, 0.717) is 16.7 Å². The molecular formula is C28H21N3O5. The Labute approximate surface area is 206 Å². The fourth-order valence-corrected chi connectivity index (χ4v) is 4.06. The van der Waals surface area contributed by atoms with E-state index >= 15 is 0 Å². The number of benzene rings is 3. The zero-order valence-electron chi connectivity index (χ0n) is 19.2. The zero-order chi connectivity index (χ0) is 25.1. The van der Waals surface area contributed by atoms with Crippen molar-refractivity contribution in [2.75, 3.05) is 6.54 Å². The van der Waals surface area contributed by atoms with Gasteiger partial charge in [-0.15, -0.1) is 0 Å². The van der Waals surface area contributed by atoms with Crippen LogP contribution in [0.15, 0.2) is 91.3 Å². The van der Waals surface area contributed by atoms with Crippen LogP contribution in [0.5, 0.6) is 5.75 Å². The molecule has 2 amide bonds. The van der Waals surface area contributed by atoms with Gasteiger partial charge in [0.2, 0.25) is 0 Å². The number of fused-ring (bicyclic) bond motifs is 1. The summed E-state index contributed by atoms with van der Waals surface area (Å²) >= 11 is 0. The van der Waals surface area contributed by atoms with E-state index in [-0.39, 0.29) is 48.3 Å². The van der Waals surface area contributed by atoms with E-state index in [9.17, 15) is 19.2 Å². The number of imide groups is 1.